The highest BCUT2D eigenvalue weighted by Gasteiger charge is 2.16. The fourth-order valence-electron chi connectivity index (χ4n) is 2.00. The highest BCUT2D eigenvalue weighted by Crippen LogP contribution is 2.35. The van der Waals surface area contributed by atoms with Gasteiger partial charge in [0.15, 0.2) is 5.75 Å². The van der Waals surface area contributed by atoms with Crippen molar-refractivity contribution in [3.63, 3.8) is 0 Å². The van der Waals surface area contributed by atoms with Gasteiger partial charge in [-0.15, -0.1) is 10.2 Å². The summed E-state index contributed by atoms with van der Waals surface area (Å²) >= 11 is 1.77. The van der Waals surface area contributed by atoms with Crippen molar-refractivity contribution in [3.05, 3.63) is 60.7 Å². The monoisotopic (exact) mass is 352 g/mol. The van der Waals surface area contributed by atoms with Gasteiger partial charge in [-0.2, -0.15) is 0 Å². The van der Waals surface area contributed by atoms with Gasteiger partial charge in [-0.1, -0.05) is 24.3 Å². The highest BCUT2D eigenvalue weighted by molar-refractivity contribution is 7.21. The molecule has 120 valence electrons. The van der Waals surface area contributed by atoms with Crippen molar-refractivity contribution in [2.24, 2.45) is 0 Å². The predicted octanol–water partition coefficient (Wildman–Crippen LogP) is 0.102. The maximum absolute atomic E-state index is 8.49. The molecule has 3 rings (SSSR count). The fraction of sp³-hybridized carbons (Fsp3) is 0.0625. The summed E-state index contributed by atoms with van der Waals surface area (Å²) < 4.78 is 40.6. The van der Waals surface area contributed by atoms with E-state index in [1.54, 1.807) is 18.4 Å². The molecule has 5 nitrogen and oxygen atoms in total. The lowest BCUT2D eigenvalue weighted by molar-refractivity contribution is -2.00. The molecule has 0 N–H and O–H groups in total. The van der Waals surface area contributed by atoms with Gasteiger partial charge in [-0.25, -0.2) is 18.6 Å². The van der Waals surface area contributed by atoms with Gasteiger partial charge in [0.25, 0.3) is 4.70 Å². The summed E-state index contributed by atoms with van der Waals surface area (Å²) in [5.41, 5.74) is 1.25. The summed E-state index contributed by atoms with van der Waals surface area (Å²) in [6.07, 6.45) is 0. The maximum atomic E-state index is 8.49. The van der Waals surface area contributed by atoms with Crippen LogP contribution < -0.4 is 23.4 Å². The van der Waals surface area contributed by atoms with Gasteiger partial charge in [0.05, 0.1) is 7.11 Å². The highest BCUT2D eigenvalue weighted by atomic mass is 35.7. The van der Waals surface area contributed by atoms with Crippen LogP contribution in [0.4, 0.5) is 0 Å². The first kappa shape index (κ1) is 17.6. The van der Waals surface area contributed by atoms with E-state index in [0.717, 1.165) is 5.75 Å². The van der Waals surface area contributed by atoms with Crippen LogP contribution in [-0.4, -0.2) is 7.11 Å². The van der Waals surface area contributed by atoms with E-state index in [0.29, 0.717) is 0 Å². The summed E-state index contributed by atoms with van der Waals surface area (Å²) in [7, 11) is -3.23. The molecule has 0 saturated heterocycles. The number of rotatable bonds is 2. The molecule has 0 radical (unpaired) electrons. The zero-order valence-corrected chi connectivity index (χ0v) is 13.7. The minimum Gasteiger partial charge on any atom is -0.491 e. The summed E-state index contributed by atoms with van der Waals surface area (Å²) in [5, 5.41) is 1.22. The standard InChI is InChI=1S/C16H13OS.ClHO4/c1-17-14-9-5-8-13-10-11-15(18-16(13)14)12-6-3-2-4-7-12;2-1(3,4)5/h2-11H,1H3;(H,2,3,4,5)/q+1;/p-1. The largest absolute Gasteiger partial charge is 0.491 e. The molecule has 3 aromatic rings. The van der Waals surface area contributed by atoms with Crippen molar-refractivity contribution in [3.8, 4) is 16.2 Å². The molecule has 7 heteroatoms. The lowest BCUT2D eigenvalue weighted by Gasteiger charge is -2.17. The van der Waals surface area contributed by atoms with Crippen LogP contribution >= 0.6 is 11.3 Å². The minimum absolute atomic E-state index is 0.940. The first-order valence-corrected chi connectivity index (χ1v) is 8.50. The van der Waals surface area contributed by atoms with E-state index in [2.05, 4.69) is 42.5 Å². The van der Waals surface area contributed by atoms with E-state index >= 15 is 0 Å². The Bertz CT molecular complexity index is 768. The van der Waals surface area contributed by atoms with Gasteiger partial charge >= 0.3 is 0 Å². The molecular formula is C16H13ClO5S. The van der Waals surface area contributed by atoms with Crippen molar-refractivity contribution in [2.45, 2.75) is 0 Å². The topological polar surface area (TPSA) is 101 Å². The Labute approximate surface area is 139 Å². The molecule has 23 heavy (non-hydrogen) atoms. The van der Waals surface area contributed by atoms with Crippen molar-refractivity contribution in [2.75, 3.05) is 7.11 Å². The van der Waals surface area contributed by atoms with E-state index in [4.69, 9.17) is 23.4 Å². The lowest BCUT2D eigenvalue weighted by atomic mass is 10.2. The SMILES string of the molecule is COc1cccc2ccc(-c3ccccc3)[s+]c12.[O-][Cl+3]([O-])([O-])[O-]. The summed E-state index contributed by atoms with van der Waals surface area (Å²) in [5.74, 6) is 0.940. The third kappa shape index (κ3) is 5.40. The summed E-state index contributed by atoms with van der Waals surface area (Å²) in [6.45, 7) is 0. The average molecular weight is 353 g/mol. The summed E-state index contributed by atoms with van der Waals surface area (Å²) in [6, 6.07) is 20.9. The van der Waals surface area contributed by atoms with Crippen molar-refractivity contribution < 1.29 is 33.6 Å². The number of fused-ring (bicyclic) bond motifs is 1. The quantitative estimate of drug-likeness (QED) is 0.609. The molecule has 0 aliphatic heterocycles. The Morgan fingerprint density at radius 2 is 1.48 bits per heavy atom. The number of hydrogen-bond donors (Lipinski definition) is 0. The van der Waals surface area contributed by atoms with E-state index < -0.39 is 10.2 Å². The fourth-order valence-corrected chi connectivity index (χ4v) is 3.12. The van der Waals surface area contributed by atoms with Crippen LogP contribution in [0.5, 0.6) is 5.75 Å². The van der Waals surface area contributed by atoms with E-state index in [9.17, 15) is 0 Å². The van der Waals surface area contributed by atoms with Crippen molar-refractivity contribution >= 4 is 21.4 Å². The zero-order chi connectivity index (χ0) is 16.9. The Morgan fingerprint density at radius 1 is 0.826 bits per heavy atom. The van der Waals surface area contributed by atoms with E-state index in [1.165, 1.54) is 20.5 Å². The van der Waals surface area contributed by atoms with Crippen LogP contribution in [0, 0.1) is 10.2 Å². The molecule has 0 atom stereocenters. The maximum Gasteiger partial charge on any atom is 0.280 e. The molecule has 0 aliphatic rings. The number of hydrogen-bond acceptors (Lipinski definition) is 5. The Balaban J connectivity index is 0.000000338. The molecule has 0 spiro atoms. The molecule has 0 bridgehead atoms. The van der Waals surface area contributed by atoms with Crippen LogP contribution in [-0.2, 0) is 0 Å². The Morgan fingerprint density at radius 3 is 2.09 bits per heavy atom. The lowest BCUT2D eigenvalue weighted by Crippen LogP contribution is -2.68. The predicted molar refractivity (Wildman–Crippen MR) is 78.2 cm³/mol. The normalized spacial score (nSPS) is 10.8. The number of ether oxygens (including phenoxy) is 1. The number of methoxy groups -OCH3 is 1. The second-order valence-electron chi connectivity index (χ2n) is 4.42. The first-order valence-electron chi connectivity index (χ1n) is 6.45. The molecule has 2 aromatic carbocycles. The van der Waals surface area contributed by atoms with Crippen LogP contribution in [0.25, 0.3) is 20.5 Å². The van der Waals surface area contributed by atoms with E-state index in [-0.39, 0.29) is 0 Å². The van der Waals surface area contributed by atoms with Gasteiger partial charge in [0, 0.05) is 17.0 Å². The molecule has 0 unspecified atom stereocenters. The molecular weight excluding hydrogens is 340 g/mol. The van der Waals surface area contributed by atoms with Crippen molar-refractivity contribution in [1.29, 1.82) is 0 Å². The average Bonchev–Trinajstić information content (AvgIpc) is 2.53. The second kappa shape index (κ2) is 7.65. The third-order valence-electron chi connectivity index (χ3n) is 2.91. The molecule has 0 aliphatic carbocycles. The Hall–Kier alpha value is -1.80. The van der Waals surface area contributed by atoms with Gasteiger partial charge in [0.1, 0.15) is 0 Å². The molecule has 1 heterocycles. The van der Waals surface area contributed by atoms with Gasteiger partial charge in [-0.05, 0) is 30.3 Å². The van der Waals surface area contributed by atoms with Crippen LogP contribution in [0.15, 0.2) is 60.7 Å². The number of benzene rings is 2. The second-order valence-corrected chi connectivity index (χ2v) is 6.23. The smallest absolute Gasteiger partial charge is 0.280 e. The van der Waals surface area contributed by atoms with E-state index in [1.807, 2.05) is 18.2 Å². The summed E-state index contributed by atoms with van der Waals surface area (Å²) in [4.78, 5) is 1.26. The van der Waals surface area contributed by atoms with Crippen LogP contribution in [0.3, 0.4) is 0 Å². The minimum atomic E-state index is -4.94. The zero-order valence-electron chi connectivity index (χ0n) is 12.1. The van der Waals surface area contributed by atoms with Gasteiger partial charge in [0.2, 0.25) is 16.2 Å². The van der Waals surface area contributed by atoms with Crippen LogP contribution in [0.2, 0.25) is 0 Å². The van der Waals surface area contributed by atoms with Gasteiger partial charge < -0.3 is 4.74 Å². The third-order valence-corrected chi connectivity index (χ3v) is 4.15. The first-order chi connectivity index (χ1) is 10.9. The number of halogens is 1. The molecule has 0 amide bonds. The van der Waals surface area contributed by atoms with Crippen molar-refractivity contribution in [1.82, 2.24) is 0 Å². The van der Waals surface area contributed by atoms with Crippen LogP contribution in [0.1, 0.15) is 0 Å². The molecule has 0 fully saturated rings. The van der Waals surface area contributed by atoms with Gasteiger partial charge in [-0.3, -0.25) is 0 Å². The molecule has 0 saturated carbocycles. The Kier molecular flexibility index (Phi) is 5.84. The molecule has 1 aromatic heterocycles.